The zero-order valence-corrected chi connectivity index (χ0v) is 12.5. The Kier molecular flexibility index (Phi) is 6.64. The van der Waals surface area contributed by atoms with Crippen LogP contribution in [-0.4, -0.2) is 37.1 Å². The van der Waals surface area contributed by atoms with Crippen LogP contribution in [0.25, 0.3) is 0 Å². The molecule has 0 aliphatic rings. The van der Waals surface area contributed by atoms with Crippen LogP contribution in [0.1, 0.15) is 20.8 Å². The molecule has 0 aliphatic carbocycles. The van der Waals surface area contributed by atoms with Crippen molar-refractivity contribution in [1.29, 1.82) is 0 Å². The lowest BCUT2D eigenvalue weighted by molar-refractivity contribution is -0.132. The number of nitrogens with zero attached hydrogens (tertiary/aromatic N) is 1. The Bertz CT molecular complexity index is 457. The Hall–Kier alpha value is -1.97. The van der Waals surface area contributed by atoms with E-state index < -0.39 is 0 Å². The van der Waals surface area contributed by atoms with Gasteiger partial charge in [0, 0.05) is 13.1 Å². The highest BCUT2D eigenvalue weighted by atomic mass is 16.5. The number of benzene rings is 1. The minimum Gasteiger partial charge on any atom is -0.490 e. The number of carbonyl (C=O) groups is 1. The Balaban J connectivity index is 2.62. The van der Waals surface area contributed by atoms with Crippen molar-refractivity contribution < 1.29 is 14.3 Å². The van der Waals surface area contributed by atoms with Gasteiger partial charge in [-0.05, 0) is 32.9 Å². The highest BCUT2D eigenvalue weighted by Gasteiger charge is 2.13. The van der Waals surface area contributed by atoms with E-state index in [4.69, 9.17) is 9.47 Å². The van der Waals surface area contributed by atoms with Crippen molar-refractivity contribution in [1.82, 2.24) is 4.90 Å². The van der Waals surface area contributed by atoms with Gasteiger partial charge in [0.1, 0.15) is 0 Å². The molecule has 1 aromatic carbocycles. The number of hydrogen-bond donors (Lipinski definition) is 0. The van der Waals surface area contributed by atoms with Crippen LogP contribution in [0.2, 0.25) is 0 Å². The number of rotatable bonds is 8. The maximum Gasteiger partial charge on any atom is 0.260 e. The molecule has 0 fully saturated rings. The Morgan fingerprint density at radius 3 is 2.30 bits per heavy atom. The van der Waals surface area contributed by atoms with Gasteiger partial charge < -0.3 is 14.4 Å². The van der Waals surface area contributed by atoms with Gasteiger partial charge in [0.05, 0.1) is 6.61 Å². The van der Waals surface area contributed by atoms with Crippen LogP contribution in [0.15, 0.2) is 36.4 Å². The van der Waals surface area contributed by atoms with E-state index in [1.807, 2.05) is 39.0 Å². The van der Waals surface area contributed by atoms with E-state index in [0.29, 0.717) is 31.2 Å². The smallest absolute Gasteiger partial charge is 0.260 e. The van der Waals surface area contributed by atoms with Crippen LogP contribution in [0, 0.1) is 0 Å². The minimum absolute atomic E-state index is 0.00517. The molecule has 0 saturated carbocycles. The number of hydrogen-bond acceptors (Lipinski definition) is 3. The third-order valence-corrected chi connectivity index (χ3v) is 2.70. The maximum absolute atomic E-state index is 12.1. The topological polar surface area (TPSA) is 38.8 Å². The van der Waals surface area contributed by atoms with Gasteiger partial charge in [-0.2, -0.15) is 0 Å². The second-order valence-electron chi connectivity index (χ2n) is 4.53. The predicted molar refractivity (Wildman–Crippen MR) is 80.2 cm³/mol. The fourth-order valence-electron chi connectivity index (χ4n) is 1.78. The van der Waals surface area contributed by atoms with Gasteiger partial charge in [-0.25, -0.2) is 0 Å². The summed E-state index contributed by atoms with van der Waals surface area (Å²) in [7, 11) is 0. The average Bonchev–Trinajstić information content (AvgIpc) is 2.43. The third-order valence-electron chi connectivity index (χ3n) is 2.70. The summed E-state index contributed by atoms with van der Waals surface area (Å²) < 4.78 is 11.0. The minimum atomic E-state index is -0.0539. The van der Waals surface area contributed by atoms with E-state index in [9.17, 15) is 4.79 Å². The molecule has 0 N–H and O–H groups in total. The normalized spacial score (nSPS) is 9.95. The van der Waals surface area contributed by atoms with Crippen LogP contribution in [0.3, 0.4) is 0 Å². The first kappa shape index (κ1) is 16.1. The van der Waals surface area contributed by atoms with Crippen molar-refractivity contribution >= 4 is 5.91 Å². The molecule has 1 aromatic rings. The van der Waals surface area contributed by atoms with Crippen LogP contribution in [-0.2, 0) is 4.79 Å². The standard InChI is InChI=1S/C16H23NO3/c1-5-17(11-13(3)4)16(18)12-20-15-10-8-7-9-14(15)19-6-2/h7-10H,3,5-6,11-12H2,1-2,4H3. The van der Waals surface area contributed by atoms with Gasteiger partial charge in [-0.3, -0.25) is 4.79 Å². The molecule has 110 valence electrons. The van der Waals surface area contributed by atoms with E-state index in [1.54, 1.807) is 11.0 Å². The largest absolute Gasteiger partial charge is 0.490 e. The van der Waals surface area contributed by atoms with Gasteiger partial charge in [0.25, 0.3) is 5.91 Å². The summed E-state index contributed by atoms with van der Waals surface area (Å²) in [6, 6.07) is 7.36. The summed E-state index contributed by atoms with van der Waals surface area (Å²) in [5, 5.41) is 0. The molecule has 0 atom stereocenters. The molecule has 4 heteroatoms. The van der Waals surface area contributed by atoms with Crippen molar-refractivity contribution in [2.45, 2.75) is 20.8 Å². The molecule has 0 unspecified atom stereocenters. The van der Waals surface area contributed by atoms with Crippen LogP contribution in [0.4, 0.5) is 0 Å². The molecule has 4 nitrogen and oxygen atoms in total. The summed E-state index contributed by atoms with van der Waals surface area (Å²) in [5.74, 6) is 1.20. The van der Waals surface area contributed by atoms with Crippen molar-refractivity contribution in [3.8, 4) is 11.5 Å². The number of para-hydroxylation sites is 2. The van der Waals surface area contributed by atoms with Crippen LogP contribution in [0.5, 0.6) is 11.5 Å². The molecule has 0 aromatic heterocycles. The zero-order valence-electron chi connectivity index (χ0n) is 12.5. The molecular formula is C16H23NO3. The highest BCUT2D eigenvalue weighted by Crippen LogP contribution is 2.26. The monoisotopic (exact) mass is 277 g/mol. The molecule has 0 aliphatic heterocycles. The zero-order chi connectivity index (χ0) is 15.0. The summed E-state index contributed by atoms with van der Waals surface area (Å²) in [4.78, 5) is 13.8. The first-order chi connectivity index (χ1) is 9.58. The van der Waals surface area contributed by atoms with E-state index in [1.165, 1.54) is 0 Å². The quantitative estimate of drug-likeness (QED) is 0.686. The lowest BCUT2D eigenvalue weighted by Crippen LogP contribution is -2.35. The van der Waals surface area contributed by atoms with Crippen molar-refractivity contribution in [3.63, 3.8) is 0 Å². The van der Waals surface area contributed by atoms with Crippen molar-refractivity contribution in [3.05, 3.63) is 36.4 Å². The molecular weight excluding hydrogens is 254 g/mol. The molecule has 0 saturated heterocycles. The summed E-state index contributed by atoms with van der Waals surface area (Å²) in [6.07, 6.45) is 0. The van der Waals surface area contributed by atoms with Crippen LogP contribution >= 0.6 is 0 Å². The van der Waals surface area contributed by atoms with Gasteiger partial charge in [0.15, 0.2) is 18.1 Å². The van der Waals surface area contributed by atoms with E-state index >= 15 is 0 Å². The van der Waals surface area contributed by atoms with E-state index in [-0.39, 0.29) is 12.5 Å². The van der Waals surface area contributed by atoms with Crippen LogP contribution < -0.4 is 9.47 Å². The fourth-order valence-corrected chi connectivity index (χ4v) is 1.78. The highest BCUT2D eigenvalue weighted by molar-refractivity contribution is 5.78. The maximum atomic E-state index is 12.1. The number of ether oxygens (including phenoxy) is 2. The molecule has 1 amide bonds. The molecule has 0 heterocycles. The van der Waals surface area contributed by atoms with Crippen molar-refractivity contribution in [2.24, 2.45) is 0 Å². The van der Waals surface area contributed by atoms with Crippen molar-refractivity contribution in [2.75, 3.05) is 26.3 Å². The van der Waals surface area contributed by atoms with Gasteiger partial charge in [-0.15, -0.1) is 0 Å². The first-order valence-corrected chi connectivity index (χ1v) is 6.85. The van der Waals surface area contributed by atoms with Gasteiger partial charge in [0.2, 0.25) is 0 Å². The SMILES string of the molecule is C=C(C)CN(CC)C(=O)COc1ccccc1OCC. The second kappa shape index (κ2) is 8.25. The number of likely N-dealkylation sites (N-methyl/N-ethyl adjacent to an activating group) is 1. The Morgan fingerprint density at radius 1 is 1.20 bits per heavy atom. The van der Waals surface area contributed by atoms with E-state index in [2.05, 4.69) is 6.58 Å². The molecule has 1 rings (SSSR count). The van der Waals surface area contributed by atoms with Gasteiger partial charge in [-0.1, -0.05) is 24.3 Å². The summed E-state index contributed by atoms with van der Waals surface area (Å²) in [5.41, 5.74) is 0.954. The molecule has 0 radical (unpaired) electrons. The number of carbonyl (C=O) groups excluding carboxylic acids is 1. The van der Waals surface area contributed by atoms with Gasteiger partial charge >= 0.3 is 0 Å². The summed E-state index contributed by atoms with van der Waals surface area (Å²) >= 11 is 0. The molecule has 0 bridgehead atoms. The third kappa shape index (κ3) is 4.96. The average molecular weight is 277 g/mol. The fraction of sp³-hybridized carbons (Fsp3) is 0.438. The molecule has 20 heavy (non-hydrogen) atoms. The Labute approximate surface area is 121 Å². The molecule has 0 spiro atoms. The lowest BCUT2D eigenvalue weighted by Gasteiger charge is -2.21. The first-order valence-electron chi connectivity index (χ1n) is 6.85. The predicted octanol–water partition coefficient (Wildman–Crippen LogP) is 2.89. The Morgan fingerprint density at radius 2 is 1.80 bits per heavy atom. The second-order valence-corrected chi connectivity index (χ2v) is 4.53. The van der Waals surface area contributed by atoms with E-state index in [0.717, 1.165) is 5.57 Å². The summed E-state index contributed by atoms with van der Waals surface area (Å²) in [6.45, 7) is 11.3. The lowest BCUT2D eigenvalue weighted by atomic mass is 10.3. The number of amides is 1.